The summed E-state index contributed by atoms with van der Waals surface area (Å²) in [5.41, 5.74) is 4.72. The lowest BCUT2D eigenvalue weighted by atomic mass is 10.0. The van der Waals surface area contributed by atoms with Crippen LogP contribution in [-0.4, -0.2) is 0 Å². The van der Waals surface area contributed by atoms with Crippen LogP contribution in [0.5, 0.6) is 11.5 Å². The summed E-state index contributed by atoms with van der Waals surface area (Å²) in [6, 6.07) is 24.8. The number of hydrogen-bond donors (Lipinski definition) is 0. The molecular weight excluding hydrogens is 256 g/mol. The maximum Gasteiger partial charge on any atom is 0.130 e. The topological polar surface area (TPSA) is 9.23 Å². The molecule has 0 fully saturated rings. The molecule has 0 atom stereocenters. The van der Waals surface area contributed by atoms with Gasteiger partial charge in [0.15, 0.2) is 0 Å². The highest BCUT2D eigenvalue weighted by molar-refractivity contribution is 5.65. The van der Waals surface area contributed by atoms with Gasteiger partial charge >= 0.3 is 0 Å². The van der Waals surface area contributed by atoms with E-state index in [2.05, 4.69) is 56.3 Å². The Morgan fingerprint density at radius 1 is 0.571 bits per heavy atom. The van der Waals surface area contributed by atoms with Gasteiger partial charge in [0.25, 0.3) is 0 Å². The largest absolute Gasteiger partial charge is 0.457 e. The quantitative estimate of drug-likeness (QED) is 0.589. The van der Waals surface area contributed by atoms with Crippen LogP contribution in [0, 0.1) is 13.8 Å². The highest BCUT2D eigenvalue weighted by atomic mass is 16.5. The maximum atomic E-state index is 6.03. The highest BCUT2D eigenvalue weighted by Gasteiger charge is 2.05. The molecule has 0 aromatic heterocycles. The molecule has 3 aromatic rings. The first kappa shape index (κ1) is 13.4. The van der Waals surface area contributed by atoms with Crippen LogP contribution >= 0.6 is 0 Å². The Labute approximate surface area is 125 Å². The molecule has 0 aliphatic rings. The fraction of sp³-hybridized carbons (Fsp3) is 0.100. The molecule has 0 saturated heterocycles. The zero-order chi connectivity index (χ0) is 14.7. The summed E-state index contributed by atoms with van der Waals surface area (Å²) in [4.78, 5) is 0. The SMILES string of the molecule is Cc1ccccc1Oc1ccc(-c2ccccc2)cc1C. The molecule has 0 heterocycles. The summed E-state index contributed by atoms with van der Waals surface area (Å²) in [7, 11) is 0. The van der Waals surface area contributed by atoms with Gasteiger partial charge in [0.2, 0.25) is 0 Å². The Morgan fingerprint density at radius 3 is 1.95 bits per heavy atom. The minimum Gasteiger partial charge on any atom is -0.457 e. The van der Waals surface area contributed by atoms with Crippen LogP contribution in [0.2, 0.25) is 0 Å². The Hall–Kier alpha value is -2.54. The minimum atomic E-state index is 0.906. The van der Waals surface area contributed by atoms with Crippen molar-refractivity contribution in [2.75, 3.05) is 0 Å². The lowest BCUT2D eigenvalue weighted by Gasteiger charge is -2.12. The Kier molecular flexibility index (Phi) is 3.74. The zero-order valence-corrected chi connectivity index (χ0v) is 12.3. The Morgan fingerprint density at radius 2 is 1.24 bits per heavy atom. The third kappa shape index (κ3) is 2.97. The number of rotatable bonds is 3. The van der Waals surface area contributed by atoms with Crippen LogP contribution in [0.25, 0.3) is 11.1 Å². The number of benzene rings is 3. The molecule has 0 saturated carbocycles. The molecule has 0 bridgehead atoms. The molecule has 104 valence electrons. The van der Waals surface area contributed by atoms with E-state index < -0.39 is 0 Å². The molecule has 0 spiro atoms. The van der Waals surface area contributed by atoms with Gasteiger partial charge in [-0.2, -0.15) is 0 Å². The summed E-state index contributed by atoms with van der Waals surface area (Å²) < 4.78 is 6.03. The summed E-state index contributed by atoms with van der Waals surface area (Å²) in [6.07, 6.45) is 0. The van der Waals surface area contributed by atoms with Crippen LogP contribution < -0.4 is 4.74 Å². The van der Waals surface area contributed by atoms with Crippen LogP contribution in [0.15, 0.2) is 72.8 Å². The van der Waals surface area contributed by atoms with E-state index in [4.69, 9.17) is 4.74 Å². The maximum absolute atomic E-state index is 6.03. The first-order chi connectivity index (χ1) is 10.2. The lowest BCUT2D eigenvalue weighted by Crippen LogP contribution is -1.90. The number of para-hydroxylation sites is 1. The van der Waals surface area contributed by atoms with Gasteiger partial charge in [-0.1, -0.05) is 54.6 Å². The second-order valence-electron chi connectivity index (χ2n) is 5.21. The monoisotopic (exact) mass is 274 g/mol. The fourth-order valence-corrected chi connectivity index (χ4v) is 2.36. The second kappa shape index (κ2) is 5.84. The van der Waals surface area contributed by atoms with E-state index in [1.165, 1.54) is 11.1 Å². The average Bonchev–Trinajstić information content (AvgIpc) is 2.52. The van der Waals surface area contributed by atoms with Crippen LogP contribution in [-0.2, 0) is 0 Å². The van der Waals surface area contributed by atoms with E-state index in [9.17, 15) is 0 Å². The number of hydrogen-bond acceptors (Lipinski definition) is 1. The van der Waals surface area contributed by atoms with E-state index in [0.717, 1.165) is 22.6 Å². The summed E-state index contributed by atoms with van der Waals surface area (Å²) in [6.45, 7) is 4.14. The molecule has 3 rings (SSSR count). The Bertz CT molecular complexity index is 745. The van der Waals surface area contributed by atoms with Crippen molar-refractivity contribution in [2.24, 2.45) is 0 Å². The van der Waals surface area contributed by atoms with Crippen LogP contribution in [0.1, 0.15) is 11.1 Å². The Balaban J connectivity index is 1.90. The molecule has 1 nitrogen and oxygen atoms in total. The fourth-order valence-electron chi connectivity index (χ4n) is 2.36. The van der Waals surface area contributed by atoms with Crippen molar-refractivity contribution in [3.05, 3.63) is 83.9 Å². The van der Waals surface area contributed by atoms with Gasteiger partial charge < -0.3 is 4.74 Å². The van der Waals surface area contributed by atoms with Gasteiger partial charge in [0, 0.05) is 0 Å². The highest BCUT2D eigenvalue weighted by Crippen LogP contribution is 2.30. The molecule has 0 N–H and O–H groups in total. The molecule has 1 heteroatoms. The van der Waals surface area contributed by atoms with Gasteiger partial charge in [-0.15, -0.1) is 0 Å². The molecule has 3 aromatic carbocycles. The lowest BCUT2D eigenvalue weighted by molar-refractivity contribution is 0.475. The van der Waals surface area contributed by atoms with Gasteiger partial charge in [0.05, 0.1) is 0 Å². The van der Waals surface area contributed by atoms with Crippen molar-refractivity contribution in [3.8, 4) is 22.6 Å². The third-order valence-corrected chi connectivity index (χ3v) is 3.60. The number of ether oxygens (including phenoxy) is 1. The van der Waals surface area contributed by atoms with E-state index in [-0.39, 0.29) is 0 Å². The van der Waals surface area contributed by atoms with Crippen molar-refractivity contribution >= 4 is 0 Å². The molecular formula is C20H18O. The van der Waals surface area contributed by atoms with Gasteiger partial charge in [-0.05, 0) is 54.3 Å². The third-order valence-electron chi connectivity index (χ3n) is 3.60. The molecule has 0 radical (unpaired) electrons. The minimum absolute atomic E-state index is 0.906. The first-order valence-corrected chi connectivity index (χ1v) is 7.13. The normalized spacial score (nSPS) is 10.4. The van der Waals surface area contributed by atoms with E-state index in [1.807, 2.05) is 30.3 Å². The second-order valence-corrected chi connectivity index (χ2v) is 5.21. The number of aryl methyl sites for hydroxylation is 2. The molecule has 0 aliphatic heterocycles. The van der Waals surface area contributed by atoms with Crippen molar-refractivity contribution in [1.29, 1.82) is 0 Å². The molecule has 0 unspecified atom stereocenters. The van der Waals surface area contributed by atoms with E-state index in [0.29, 0.717) is 0 Å². The average molecular weight is 274 g/mol. The van der Waals surface area contributed by atoms with Crippen molar-refractivity contribution in [3.63, 3.8) is 0 Å². The van der Waals surface area contributed by atoms with E-state index in [1.54, 1.807) is 0 Å². The van der Waals surface area contributed by atoms with Gasteiger partial charge in [-0.3, -0.25) is 0 Å². The van der Waals surface area contributed by atoms with Crippen molar-refractivity contribution < 1.29 is 4.74 Å². The smallest absolute Gasteiger partial charge is 0.130 e. The molecule has 0 amide bonds. The van der Waals surface area contributed by atoms with E-state index >= 15 is 0 Å². The standard InChI is InChI=1S/C20H18O/c1-15-8-6-7-11-19(15)21-20-13-12-18(14-16(20)2)17-9-4-3-5-10-17/h3-14H,1-2H3. The predicted octanol–water partition coefficient (Wildman–Crippen LogP) is 5.76. The summed E-state index contributed by atoms with van der Waals surface area (Å²) >= 11 is 0. The van der Waals surface area contributed by atoms with Crippen molar-refractivity contribution in [2.45, 2.75) is 13.8 Å². The molecule has 0 aliphatic carbocycles. The van der Waals surface area contributed by atoms with Gasteiger partial charge in [-0.25, -0.2) is 0 Å². The van der Waals surface area contributed by atoms with Crippen LogP contribution in [0.4, 0.5) is 0 Å². The first-order valence-electron chi connectivity index (χ1n) is 7.13. The van der Waals surface area contributed by atoms with Gasteiger partial charge in [0.1, 0.15) is 11.5 Å². The molecule has 21 heavy (non-hydrogen) atoms. The van der Waals surface area contributed by atoms with Crippen LogP contribution in [0.3, 0.4) is 0 Å². The van der Waals surface area contributed by atoms with Crippen molar-refractivity contribution in [1.82, 2.24) is 0 Å². The summed E-state index contributed by atoms with van der Waals surface area (Å²) in [5, 5.41) is 0. The predicted molar refractivity (Wildman–Crippen MR) is 87.9 cm³/mol. The zero-order valence-electron chi connectivity index (χ0n) is 12.3. The summed E-state index contributed by atoms with van der Waals surface area (Å²) in [5.74, 6) is 1.82.